The van der Waals surface area contributed by atoms with E-state index in [1.54, 1.807) is 6.07 Å². The summed E-state index contributed by atoms with van der Waals surface area (Å²) in [6.45, 7) is 6.39. The molecule has 0 spiro atoms. The first-order chi connectivity index (χ1) is 8.87. The van der Waals surface area contributed by atoms with Crippen molar-refractivity contribution in [2.24, 2.45) is 5.73 Å². The zero-order valence-electron chi connectivity index (χ0n) is 11.6. The molecule has 0 bridgehead atoms. The molecule has 1 aromatic rings. The average molecular weight is 262 g/mol. The van der Waals surface area contributed by atoms with E-state index in [0.717, 1.165) is 31.5 Å². The summed E-state index contributed by atoms with van der Waals surface area (Å²) < 4.78 is 0. The molecule has 0 radical (unpaired) electrons. The molecule has 1 amide bonds. The molecule has 3 N–H and O–H groups in total. The quantitative estimate of drug-likeness (QED) is 0.866. The second-order valence-corrected chi connectivity index (χ2v) is 5.82. The third-order valence-electron chi connectivity index (χ3n) is 3.77. The van der Waals surface area contributed by atoms with Gasteiger partial charge in [-0.15, -0.1) is 0 Å². The topological polar surface area (TPSA) is 66.6 Å². The molecule has 1 fully saturated rings. The zero-order chi connectivity index (χ0) is 14.0. The Kier molecular flexibility index (Phi) is 3.92. The van der Waals surface area contributed by atoms with Crippen LogP contribution in [0.25, 0.3) is 0 Å². The van der Waals surface area contributed by atoms with Crippen LogP contribution in [0.15, 0.2) is 18.2 Å². The molecule has 1 aromatic carbocycles. The van der Waals surface area contributed by atoms with Gasteiger partial charge in [0, 0.05) is 18.7 Å². The van der Waals surface area contributed by atoms with Crippen LogP contribution in [0, 0.1) is 6.92 Å². The monoisotopic (exact) mass is 262 g/mol. The molecule has 19 heavy (non-hydrogen) atoms. The van der Waals surface area contributed by atoms with E-state index in [4.69, 9.17) is 5.73 Å². The minimum Gasteiger partial charge on any atom is -0.389 e. The highest BCUT2D eigenvalue weighted by molar-refractivity contribution is 5.93. The predicted octanol–water partition coefficient (Wildman–Crippen LogP) is 1.44. The maximum absolute atomic E-state index is 11.1. The van der Waals surface area contributed by atoms with Gasteiger partial charge in [0.05, 0.1) is 5.60 Å². The number of benzene rings is 1. The summed E-state index contributed by atoms with van der Waals surface area (Å²) in [6.07, 6.45) is 1.88. The Morgan fingerprint density at radius 1 is 1.53 bits per heavy atom. The third kappa shape index (κ3) is 3.55. The summed E-state index contributed by atoms with van der Waals surface area (Å²) in [7, 11) is 0. The molecule has 1 atom stereocenters. The van der Waals surface area contributed by atoms with Gasteiger partial charge in [-0.2, -0.15) is 0 Å². The van der Waals surface area contributed by atoms with Gasteiger partial charge < -0.3 is 10.8 Å². The maximum Gasteiger partial charge on any atom is 0.248 e. The Bertz CT molecular complexity index is 483. The molecular formula is C15H22N2O2. The van der Waals surface area contributed by atoms with E-state index < -0.39 is 11.5 Å². The number of aliphatic hydroxyl groups is 1. The molecule has 4 nitrogen and oxygen atoms in total. The second-order valence-electron chi connectivity index (χ2n) is 5.82. The molecule has 1 aliphatic heterocycles. The number of nitrogens with zero attached hydrogens (tertiary/aromatic N) is 1. The number of β-amino-alcohol motifs (C(OH)–C–C–N with tert-alkyl or cyclic N) is 1. The number of aryl methyl sites for hydroxylation is 1. The van der Waals surface area contributed by atoms with Crippen LogP contribution in [0.5, 0.6) is 0 Å². The highest BCUT2D eigenvalue weighted by Crippen LogP contribution is 2.23. The van der Waals surface area contributed by atoms with Crippen molar-refractivity contribution in [3.8, 4) is 0 Å². The Morgan fingerprint density at radius 3 is 2.84 bits per heavy atom. The molecule has 2 rings (SSSR count). The van der Waals surface area contributed by atoms with Crippen molar-refractivity contribution in [2.75, 3.05) is 13.1 Å². The summed E-state index contributed by atoms with van der Waals surface area (Å²) in [5, 5.41) is 10.1. The summed E-state index contributed by atoms with van der Waals surface area (Å²) in [5.74, 6) is -0.393. The number of hydrogen-bond acceptors (Lipinski definition) is 3. The Morgan fingerprint density at radius 2 is 2.26 bits per heavy atom. The van der Waals surface area contributed by atoms with Crippen molar-refractivity contribution in [1.82, 2.24) is 4.90 Å². The lowest BCUT2D eigenvalue weighted by atomic mass is 9.94. The lowest BCUT2D eigenvalue weighted by molar-refractivity contribution is -0.0182. The Hall–Kier alpha value is -1.39. The van der Waals surface area contributed by atoms with E-state index in [1.165, 1.54) is 5.56 Å². The maximum atomic E-state index is 11.1. The molecule has 0 saturated carbocycles. The third-order valence-corrected chi connectivity index (χ3v) is 3.77. The van der Waals surface area contributed by atoms with Gasteiger partial charge in [-0.25, -0.2) is 0 Å². The molecular weight excluding hydrogens is 240 g/mol. The van der Waals surface area contributed by atoms with Crippen LogP contribution in [0.4, 0.5) is 0 Å². The molecule has 1 heterocycles. The number of hydrogen-bond donors (Lipinski definition) is 2. The van der Waals surface area contributed by atoms with Crippen LogP contribution >= 0.6 is 0 Å². The van der Waals surface area contributed by atoms with Crippen molar-refractivity contribution in [2.45, 2.75) is 38.8 Å². The number of likely N-dealkylation sites (tertiary alicyclic amines) is 1. The molecule has 1 saturated heterocycles. The highest BCUT2D eigenvalue weighted by atomic mass is 16.3. The molecule has 4 heteroatoms. The van der Waals surface area contributed by atoms with Gasteiger partial charge in [0.1, 0.15) is 0 Å². The van der Waals surface area contributed by atoms with E-state index in [1.807, 2.05) is 26.0 Å². The SMILES string of the molecule is Cc1cc(C(N)=O)ccc1CN1CCCC(C)(O)C1. The highest BCUT2D eigenvalue weighted by Gasteiger charge is 2.28. The average Bonchev–Trinajstić information content (AvgIpc) is 2.30. The van der Waals surface area contributed by atoms with Crippen molar-refractivity contribution in [1.29, 1.82) is 0 Å². The smallest absolute Gasteiger partial charge is 0.248 e. The van der Waals surface area contributed by atoms with Crippen LogP contribution in [-0.2, 0) is 6.54 Å². The van der Waals surface area contributed by atoms with E-state index in [9.17, 15) is 9.90 Å². The minimum absolute atomic E-state index is 0.393. The van der Waals surface area contributed by atoms with E-state index in [2.05, 4.69) is 4.90 Å². The fourth-order valence-electron chi connectivity index (χ4n) is 2.73. The van der Waals surface area contributed by atoms with E-state index in [0.29, 0.717) is 12.1 Å². The van der Waals surface area contributed by atoms with Gasteiger partial charge in [0.25, 0.3) is 0 Å². The number of nitrogens with two attached hydrogens (primary N) is 1. The summed E-state index contributed by atoms with van der Waals surface area (Å²) >= 11 is 0. The van der Waals surface area contributed by atoms with Crippen LogP contribution in [0.2, 0.25) is 0 Å². The van der Waals surface area contributed by atoms with Gasteiger partial charge in [-0.05, 0) is 56.5 Å². The van der Waals surface area contributed by atoms with Gasteiger partial charge in [-0.3, -0.25) is 9.69 Å². The first kappa shape index (κ1) is 14.0. The number of rotatable bonds is 3. The zero-order valence-corrected chi connectivity index (χ0v) is 11.6. The fourth-order valence-corrected chi connectivity index (χ4v) is 2.73. The first-order valence-corrected chi connectivity index (χ1v) is 6.71. The number of amides is 1. The first-order valence-electron chi connectivity index (χ1n) is 6.71. The lowest BCUT2D eigenvalue weighted by Gasteiger charge is -2.37. The Balaban J connectivity index is 2.09. The summed E-state index contributed by atoms with van der Waals surface area (Å²) in [5.41, 5.74) is 7.49. The van der Waals surface area contributed by atoms with Crippen LogP contribution in [0.3, 0.4) is 0 Å². The normalized spacial score (nSPS) is 24.4. The minimum atomic E-state index is -0.584. The van der Waals surface area contributed by atoms with Gasteiger partial charge >= 0.3 is 0 Å². The second kappa shape index (κ2) is 5.31. The van der Waals surface area contributed by atoms with Crippen molar-refractivity contribution >= 4 is 5.91 Å². The largest absolute Gasteiger partial charge is 0.389 e. The molecule has 1 unspecified atom stereocenters. The molecule has 0 aliphatic carbocycles. The van der Waals surface area contributed by atoms with E-state index >= 15 is 0 Å². The standard InChI is InChI=1S/C15H22N2O2/c1-11-8-12(14(16)18)4-5-13(11)9-17-7-3-6-15(2,19)10-17/h4-5,8,19H,3,6-7,9-10H2,1-2H3,(H2,16,18). The van der Waals surface area contributed by atoms with Crippen molar-refractivity contribution in [3.63, 3.8) is 0 Å². The molecule has 104 valence electrons. The van der Waals surface area contributed by atoms with Crippen LogP contribution < -0.4 is 5.73 Å². The van der Waals surface area contributed by atoms with Gasteiger partial charge in [0.2, 0.25) is 5.91 Å². The summed E-state index contributed by atoms with van der Waals surface area (Å²) in [6, 6.07) is 5.56. The Labute approximate surface area is 114 Å². The molecule has 1 aliphatic rings. The lowest BCUT2D eigenvalue weighted by Crippen LogP contribution is -2.45. The number of carbonyl (C=O) groups excluding carboxylic acids is 1. The van der Waals surface area contributed by atoms with Crippen LogP contribution in [0.1, 0.15) is 41.3 Å². The van der Waals surface area contributed by atoms with Crippen LogP contribution in [-0.4, -0.2) is 34.6 Å². The fraction of sp³-hybridized carbons (Fsp3) is 0.533. The molecule has 0 aromatic heterocycles. The van der Waals surface area contributed by atoms with Crippen molar-refractivity contribution < 1.29 is 9.90 Å². The van der Waals surface area contributed by atoms with Crippen molar-refractivity contribution in [3.05, 3.63) is 34.9 Å². The number of piperidine rings is 1. The number of primary amides is 1. The number of carbonyl (C=O) groups is 1. The van der Waals surface area contributed by atoms with Gasteiger partial charge in [-0.1, -0.05) is 6.07 Å². The summed E-state index contributed by atoms with van der Waals surface area (Å²) in [4.78, 5) is 13.4. The predicted molar refractivity (Wildman–Crippen MR) is 74.8 cm³/mol. The van der Waals surface area contributed by atoms with E-state index in [-0.39, 0.29) is 0 Å². The van der Waals surface area contributed by atoms with Gasteiger partial charge in [0.15, 0.2) is 0 Å².